The van der Waals surface area contributed by atoms with Crippen molar-refractivity contribution in [2.45, 2.75) is 13.0 Å². The Balaban J connectivity index is 1.63. The van der Waals surface area contributed by atoms with Gasteiger partial charge in [0, 0.05) is 37.0 Å². The Morgan fingerprint density at radius 2 is 1.89 bits per heavy atom. The van der Waals surface area contributed by atoms with Crippen molar-refractivity contribution in [2.75, 3.05) is 40.4 Å². The first-order valence-electron chi connectivity index (χ1n) is 9.48. The number of nitrogens with two attached hydrogens (primary N) is 1. The zero-order valence-corrected chi connectivity index (χ0v) is 16.3. The highest BCUT2D eigenvalue weighted by molar-refractivity contribution is 5.83. The summed E-state index contributed by atoms with van der Waals surface area (Å²) >= 11 is 0. The number of hydrogen-bond acceptors (Lipinski definition) is 8. The Hall–Kier alpha value is -2.84. The van der Waals surface area contributed by atoms with Gasteiger partial charge in [0.15, 0.2) is 17.3 Å². The summed E-state index contributed by atoms with van der Waals surface area (Å²) in [5, 5.41) is 7.75. The van der Waals surface area contributed by atoms with Gasteiger partial charge in [-0.1, -0.05) is 6.07 Å². The zero-order chi connectivity index (χ0) is 19.5. The summed E-state index contributed by atoms with van der Waals surface area (Å²) in [5.74, 6) is 2.58. The van der Waals surface area contributed by atoms with Gasteiger partial charge >= 0.3 is 0 Å². The number of methoxy groups -OCH3 is 2. The molecule has 2 aliphatic heterocycles. The number of benzene rings is 1. The standard InChI is InChI=1S/C20H26N6O2/c1-27-17-5-4-14(11-18(17)28-2)15-10-16-13-26(20(21)24-19(16)23-12-15)25-8-3-6-22-7-9-25/h4-5,10-12,22H,3,6-9,13H2,1-2H3,(H2,21,23,24). The summed E-state index contributed by atoms with van der Waals surface area (Å²) in [7, 11) is 3.27. The number of nitrogens with zero attached hydrogens (tertiary/aromatic N) is 4. The van der Waals surface area contributed by atoms with E-state index in [1.807, 2.05) is 24.4 Å². The van der Waals surface area contributed by atoms with E-state index in [0.717, 1.165) is 49.3 Å². The van der Waals surface area contributed by atoms with Gasteiger partial charge < -0.3 is 20.5 Å². The first-order chi connectivity index (χ1) is 13.7. The number of pyridine rings is 1. The number of hydrazine groups is 1. The number of fused-ring (bicyclic) bond motifs is 1. The molecule has 0 bridgehead atoms. The lowest BCUT2D eigenvalue weighted by atomic mass is 10.0. The minimum Gasteiger partial charge on any atom is -0.493 e. The van der Waals surface area contributed by atoms with Gasteiger partial charge in [0.25, 0.3) is 0 Å². The maximum atomic E-state index is 6.24. The van der Waals surface area contributed by atoms with Crippen molar-refractivity contribution in [2.24, 2.45) is 10.7 Å². The molecule has 1 fully saturated rings. The monoisotopic (exact) mass is 382 g/mol. The van der Waals surface area contributed by atoms with Crippen molar-refractivity contribution >= 4 is 11.8 Å². The maximum absolute atomic E-state index is 6.24. The van der Waals surface area contributed by atoms with E-state index in [1.165, 1.54) is 0 Å². The van der Waals surface area contributed by atoms with Crippen LogP contribution in [-0.4, -0.2) is 61.4 Å². The van der Waals surface area contributed by atoms with Gasteiger partial charge in [-0.05, 0) is 36.7 Å². The number of rotatable bonds is 4. The maximum Gasteiger partial charge on any atom is 0.213 e. The predicted octanol–water partition coefficient (Wildman–Crippen LogP) is 1.74. The van der Waals surface area contributed by atoms with Crippen molar-refractivity contribution in [3.63, 3.8) is 0 Å². The summed E-state index contributed by atoms with van der Waals surface area (Å²) in [5.41, 5.74) is 9.31. The predicted molar refractivity (Wildman–Crippen MR) is 109 cm³/mol. The molecule has 8 nitrogen and oxygen atoms in total. The van der Waals surface area contributed by atoms with Gasteiger partial charge in [0.1, 0.15) is 0 Å². The summed E-state index contributed by atoms with van der Waals surface area (Å²) in [6, 6.07) is 7.99. The molecular formula is C20H26N6O2. The third-order valence-electron chi connectivity index (χ3n) is 5.12. The largest absolute Gasteiger partial charge is 0.493 e. The first kappa shape index (κ1) is 18.5. The molecule has 1 aromatic heterocycles. The molecule has 0 aliphatic carbocycles. The fraction of sp³-hybridized carbons (Fsp3) is 0.400. The van der Waals surface area contributed by atoms with Crippen LogP contribution >= 0.6 is 0 Å². The average molecular weight is 382 g/mol. The van der Waals surface area contributed by atoms with Crippen LogP contribution in [0.2, 0.25) is 0 Å². The molecule has 8 heteroatoms. The number of nitrogens with one attached hydrogen (secondary N) is 1. The molecule has 0 saturated carbocycles. The molecule has 28 heavy (non-hydrogen) atoms. The van der Waals surface area contributed by atoms with Gasteiger partial charge in [-0.25, -0.2) is 9.99 Å². The Labute approximate surface area is 164 Å². The van der Waals surface area contributed by atoms with Crippen molar-refractivity contribution in [1.29, 1.82) is 0 Å². The second-order valence-corrected chi connectivity index (χ2v) is 6.86. The summed E-state index contributed by atoms with van der Waals surface area (Å²) in [4.78, 5) is 9.08. The third-order valence-corrected chi connectivity index (χ3v) is 5.12. The van der Waals surface area contributed by atoms with E-state index in [0.29, 0.717) is 29.8 Å². The number of hydrogen-bond donors (Lipinski definition) is 2. The van der Waals surface area contributed by atoms with Gasteiger partial charge in [-0.2, -0.15) is 4.99 Å². The Bertz CT molecular complexity index is 877. The summed E-state index contributed by atoms with van der Waals surface area (Å²) < 4.78 is 10.8. The lowest BCUT2D eigenvalue weighted by molar-refractivity contribution is 0.0416. The van der Waals surface area contributed by atoms with Crippen LogP contribution in [0.4, 0.5) is 5.82 Å². The lowest BCUT2D eigenvalue weighted by Crippen LogP contribution is -2.51. The van der Waals surface area contributed by atoms with E-state index < -0.39 is 0 Å². The number of guanidine groups is 1. The van der Waals surface area contributed by atoms with Crippen LogP contribution in [0, 0.1) is 0 Å². The van der Waals surface area contributed by atoms with Crippen molar-refractivity contribution in [3.8, 4) is 22.6 Å². The van der Waals surface area contributed by atoms with Crippen molar-refractivity contribution < 1.29 is 9.47 Å². The molecule has 1 aromatic carbocycles. The van der Waals surface area contributed by atoms with E-state index in [-0.39, 0.29) is 0 Å². The van der Waals surface area contributed by atoms with Crippen LogP contribution in [0.25, 0.3) is 11.1 Å². The minimum atomic E-state index is 0.501. The fourth-order valence-electron chi connectivity index (χ4n) is 3.62. The molecule has 3 heterocycles. The van der Waals surface area contributed by atoms with E-state index in [2.05, 4.69) is 31.4 Å². The van der Waals surface area contributed by atoms with Crippen LogP contribution in [0.3, 0.4) is 0 Å². The Kier molecular flexibility index (Phi) is 5.31. The normalized spacial score (nSPS) is 17.5. The SMILES string of the molecule is COc1ccc(-c2cnc3c(c2)CN(N2CCCNCC2)C(N)=N3)cc1OC. The lowest BCUT2D eigenvalue weighted by Gasteiger charge is -2.37. The zero-order valence-electron chi connectivity index (χ0n) is 16.3. The molecule has 2 aromatic rings. The van der Waals surface area contributed by atoms with Crippen LogP contribution in [-0.2, 0) is 6.54 Å². The highest BCUT2D eigenvalue weighted by Gasteiger charge is 2.25. The summed E-state index contributed by atoms with van der Waals surface area (Å²) in [6.07, 6.45) is 2.91. The third kappa shape index (κ3) is 3.61. The van der Waals surface area contributed by atoms with Gasteiger partial charge in [-0.3, -0.25) is 5.01 Å². The fourth-order valence-corrected chi connectivity index (χ4v) is 3.62. The van der Waals surface area contributed by atoms with Gasteiger partial charge in [0.2, 0.25) is 5.96 Å². The van der Waals surface area contributed by atoms with Crippen LogP contribution < -0.4 is 20.5 Å². The molecule has 0 radical (unpaired) electrons. The molecular weight excluding hydrogens is 356 g/mol. The molecule has 1 saturated heterocycles. The highest BCUT2D eigenvalue weighted by atomic mass is 16.5. The van der Waals surface area contributed by atoms with E-state index >= 15 is 0 Å². The minimum absolute atomic E-state index is 0.501. The van der Waals surface area contributed by atoms with Crippen LogP contribution in [0.1, 0.15) is 12.0 Å². The van der Waals surface area contributed by atoms with Crippen molar-refractivity contribution in [1.82, 2.24) is 20.3 Å². The Morgan fingerprint density at radius 3 is 2.71 bits per heavy atom. The molecule has 0 unspecified atom stereocenters. The topological polar surface area (TPSA) is 88.2 Å². The van der Waals surface area contributed by atoms with Crippen LogP contribution in [0.5, 0.6) is 11.5 Å². The summed E-state index contributed by atoms with van der Waals surface area (Å²) in [6.45, 7) is 4.51. The number of ether oxygens (including phenoxy) is 2. The molecule has 4 rings (SSSR count). The molecule has 148 valence electrons. The first-order valence-corrected chi connectivity index (χ1v) is 9.48. The Morgan fingerprint density at radius 1 is 1.04 bits per heavy atom. The van der Waals surface area contributed by atoms with Gasteiger partial charge in [0.05, 0.1) is 20.8 Å². The highest BCUT2D eigenvalue weighted by Crippen LogP contribution is 2.34. The smallest absolute Gasteiger partial charge is 0.213 e. The molecule has 0 atom stereocenters. The van der Waals surface area contributed by atoms with Crippen molar-refractivity contribution in [3.05, 3.63) is 36.0 Å². The van der Waals surface area contributed by atoms with E-state index in [9.17, 15) is 0 Å². The van der Waals surface area contributed by atoms with Crippen LogP contribution in [0.15, 0.2) is 35.5 Å². The molecule has 3 N–H and O–H groups in total. The second-order valence-electron chi connectivity index (χ2n) is 6.86. The molecule has 2 aliphatic rings. The van der Waals surface area contributed by atoms with Gasteiger partial charge in [-0.15, -0.1) is 0 Å². The van der Waals surface area contributed by atoms with E-state index in [4.69, 9.17) is 15.2 Å². The molecule has 0 amide bonds. The van der Waals surface area contributed by atoms with E-state index in [1.54, 1.807) is 14.2 Å². The number of aromatic nitrogens is 1. The molecule has 0 spiro atoms. The second kappa shape index (κ2) is 8.04. The number of aliphatic imine (C=N–C) groups is 1. The average Bonchev–Trinajstić information content (AvgIpc) is 3.02. The quantitative estimate of drug-likeness (QED) is 0.833.